The number of nitrogens with one attached hydrogen (secondary N) is 3. The predicted octanol–water partition coefficient (Wildman–Crippen LogP) is 3.46. The summed E-state index contributed by atoms with van der Waals surface area (Å²) in [6.45, 7) is 1.89. The van der Waals surface area contributed by atoms with Crippen LogP contribution in [0, 0.1) is 5.92 Å². The Kier molecular flexibility index (Phi) is 8.89. The molecule has 9 nitrogen and oxygen atoms in total. The van der Waals surface area contributed by atoms with Crippen molar-refractivity contribution in [2.45, 2.75) is 51.0 Å². The first-order valence-electron chi connectivity index (χ1n) is 12.9. The average Bonchev–Trinajstić information content (AvgIpc) is 3.61. The van der Waals surface area contributed by atoms with E-state index in [1.54, 1.807) is 13.2 Å². The highest BCUT2D eigenvalue weighted by atomic mass is 16.2. The lowest BCUT2D eigenvalue weighted by Crippen LogP contribution is -2.40. The SMILES string of the molecule is CNC(=O)CCCCC[C@H](NC(=O)C1CCN(C)CC1)c1ncc(-c2ccc(-n3cccn3)cc2)[nH]1. The summed E-state index contributed by atoms with van der Waals surface area (Å²) in [5.74, 6) is 0.992. The zero-order chi connectivity index (χ0) is 25.3. The molecule has 3 heterocycles. The number of likely N-dealkylation sites (tertiary alicyclic amines) is 1. The van der Waals surface area contributed by atoms with Crippen LogP contribution in [0.4, 0.5) is 0 Å². The highest BCUT2D eigenvalue weighted by Gasteiger charge is 2.26. The van der Waals surface area contributed by atoms with Crippen LogP contribution < -0.4 is 10.6 Å². The Morgan fingerprint density at radius 3 is 2.61 bits per heavy atom. The molecular weight excluding hydrogens is 454 g/mol. The van der Waals surface area contributed by atoms with Crippen LogP contribution in [0.15, 0.2) is 48.9 Å². The summed E-state index contributed by atoms with van der Waals surface area (Å²) in [7, 11) is 3.76. The number of hydrogen-bond donors (Lipinski definition) is 3. The van der Waals surface area contributed by atoms with Gasteiger partial charge in [-0.25, -0.2) is 9.67 Å². The molecule has 4 rings (SSSR count). The van der Waals surface area contributed by atoms with Gasteiger partial charge in [0.2, 0.25) is 11.8 Å². The maximum atomic E-state index is 13.1. The number of piperidine rings is 1. The second kappa shape index (κ2) is 12.5. The number of hydrogen-bond acceptors (Lipinski definition) is 5. The van der Waals surface area contributed by atoms with Crippen molar-refractivity contribution in [1.29, 1.82) is 0 Å². The third kappa shape index (κ3) is 6.81. The van der Waals surface area contributed by atoms with Crippen LogP contribution in [0.25, 0.3) is 16.9 Å². The Balaban J connectivity index is 1.42. The Morgan fingerprint density at radius 1 is 1.14 bits per heavy atom. The zero-order valence-electron chi connectivity index (χ0n) is 21.2. The maximum absolute atomic E-state index is 13.1. The lowest BCUT2D eigenvalue weighted by atomic mass is 9.95. The van der Waals surface area contributed by atoms with Crippen LogP contribution in [-0.2, 0) is 9.59 Å². The summed E-state index contributed by atoms with van der Waals surface area (Å²) in [5.41, 5.74) is 2.93. The molecule has 2 aromatic heterocycles. The first-order chi connectivity index (χ1) is 17.5. The molecule has 3 N–H and O–H groups in total. The topological polar surface area (TPSA) is 108 Å². The molecule has 0 saturated carbocycles. The van der Waals surface area contributed by atoms with Gasteiger partial charge in [0.1, 0.15) is 5.82 Å². The summed E-state index contributed by atoms with van der Waals surface area (Å²) in [6.07, 6.45) is 11.2. The molecule has 2 amide bonds. The summed E-state index contributed by atoms with van der Waals surface area (Å²) in [5, 5.41) is 10.2. The van der Waals surface area contributed by atoms with Gasteiger partial charge in [0, 0.05) is 31.8 Å². The Labute approximate surface area is 212 Å². The first-order valence-corrected chi connectivity index (χ1v) is 12.9. The van der Waals surface area contributed by atoms with E-state index in [2.05, 4.69) is 37.6 Å². The minimum absolute atomic E-state index is 0.0428. The third-order valence-corrected chi connectivity index (χ3v) is 6.95. The Hall–Kier alpha value is -3.46. The zero-order valence-corrected chi connectivity index (χ0v) is 21.2. The smallest absolute Gasteiger partial charge is 0.223 e. The van der Waals surface area contributed by atoms with E-state index in [0.717, 1.165) is 74.4 Å². The predicted molar refractivity (Wildman–Crippen MR) is 139 cm³/mol. The molecule has 0 aliphatic carbocycles. The van der Waals surface area contributed by atoms with Gasteiger partial charge in [-0.15, -0.1) is 0 Å². The molecule has 1 aliphatic rings. The Morgan fingerprint density at radius 2 is 1.92 bits per heavy atom. The number of benzene rings is 1. The van der Waals surface area contributed by atoms with Gasteiger partial charge in [-0.2, -0.15) is 5.10 Å². The fraction of sp³-hybridized carbons (Fsp3) is 0.481. The van der Waals surface area contributed by atoms with E-state index in [0.29, 0.717) is 6.42 Å². The molecule has 3 aromatic rings. The molecule has 0 bridgehead atoms. The van der Waals surface area contributed by atoms with Crippen molar-refractivity contribution < 1.29 is 9.59 Å². The molecule has 1 atom stereocenters. The van der Waals surface area contributed by atoms with Crippen LogP contribution in [0.3, 0.4) is 0 Å². The van der Waals surface area contributed by atoms with E-state index in [1.165, 1.54) is 0 Å². The highest BCUT2D eigenvalue weighted by molar-refractivity contribution is 5.79. The molecule has 1 aromatic carbocycles. The highest BCUT2D eigenvalue weighted by Crippen LogP contribution is 2.25. The largest absolute Gasteiger partial charge is 0.359 e. The first kappa shape index (κ1) is 25.6. The van der Waals surface area contributed by atoms with Crippen molar-refractivity contribution in [2.75, 3.05) is 27.2 Å². The third-order valence-electron chi connectivity index (χ3n) is 6.95. The quantitative estimate of drug-likeness (QED) is 0.356. The van der Waals surface area contributed by atoms with E-state index in [-0.39, 0.29) is 23.8 Å². The number of H-pyrrole nitrogens is 1. The van der Waals surface area contributed by atoms with Crippen molar-refractivity contribution in [2.24, 2.45) is 5.92 Å². The average molecular weight is 492 g/mol. The van der Waals surface area contributed by atoms with Gasteiger partial charge in [0.05, 0.1) is 23.6 Å². The number of carbonyl (C=O) groups excluding carboxylic acids is 2. The van der Waals surface area contributed by atoms with Gasteiger partial charge in [-0.05, 0) is 69.6 Å². The van der Waals surface area contributed by atoms with E-state index < -0.39 is 0 Å². The molecule has 1 saturated heterocycles. The number of imidazole rings is 1. The summed E-state index contributed by atoms with van der Waals surface area (Å²) < 4.78 is 1.82. The van der Waals surface area contributed by atoms with E-state index >= 15 is 0 Å². The molecule has 0 radical (unpaired) electrons. The number of carbonyl (C=O) groups is 2. The van der Waals surface area contributed by atoms with Crippen molar-refractivity contribution in [3.8, 4) is 16.9 Å². The standard InChI is InChI=1S/C27H37N7O2/c1-28-25(35)8-5-3-4-7-23(32-27(36)21-13-17-33(2)18-14-21)26-29-19-24(31-26)20-9-11-22(12-10-20)34-16-6-15-30-34/h6,9-12,15-16,19,21,23H,3-5,7-8,13-14,17-18H2,1-2H3,(H,28,35)(H,29,31)(H,32,36)/t23-/m0/s1. The van der Waals surface area contributed by atoms with E-state index in [4.69, 9.17) is 0 Å². The van der Waals surface area contributed by atoms with Crippen LogP contribution in [0.1, 0.15) is 56.8 Å². The van der Waals surface area contributed by atoms with Crippen molar-refractivity contribution in [3.63, 3.8) is 0 Å². The molecule has 9 heteroatoms. The van der Waals surface area contributed by atoms with Gasteiger partial charge < -0.3 is 20.5 Å². The van der Waals surface area contributed by atoms with Crippen LogP contribution in [-0.4, -0.2) is 63.6 Å². The van der Waals surface area contributed by atoms with Gasteiger partial charge in [-0.1, -0.05) is 25.0 Å². The monoisotopic (exact) mass is 491 g/mol. The number of amides is 2. The molecule has 0 unspecified atom stereocenters. The van der Waals surface area contributed by atoms with Crippen molar-refractivity contribution >= 4 is 11.8 Å². The lowest BCUT2D eigenvalue weighted by molar-refractivity contribution is -0.127. The molecular formula is C27H37N7O2. The van der Waals surface area contributed by atoms with Gasteiger partial charge in [-0.3, -0.25) is 9.59 Å². The fourth-order valence-corrected chi connectivity index (χ4v) is 4.65. The number of nitrogens with zero attached hydrogens (tertiary/aromatic N) is 4. The Bertz CT molecular complexity index is 1100. The summed E-state index contributed by atoms with van der Waals surface area (Å²) in [6, 6.07) is 9.84. The molecule has 1 aliphatic heterocycles. The molecule has 1 fully saturated rings. The number of unbranched alkanes of at least 4 members (excludes halogenated alkanes) is 2. The van der Waals surface area contributed by atoms with Crippen molar-refractivity contribution in [1.82, 2.24) is 35.3 Å². The van der Waals surface area contributed by atoms with E-state index in [9.17, 15) is 9.59 Å². The van der Waals surface area contributed by atoms with E-state index in [1.807, 2.05) is 47.4 Å². The number of aromatic nitrogens is 4. The molecule has 192 valence electrons. The number of aromatic amines is 1. The second-order valence-electron chi connectivity index (χ2n) is 9.59. The normalized spacial score (nSPS) is 15.5. The van der Waals surface area contributed by atoms with Crippen molar-refractivity contribution in [3.05, 3.63) is 54.7 Å². The van der Waals surface area contributed by atoms with Gasteiger partial charge in [0.15, 0.2) is 0 Å². The molecule has 36 heavy (non-hydrogen) atoms. The second-order valence-corrected chi connectivity index (χ2v) is 9.59. The van der Waals surface area contributed by atoms with Gasteiger partial charge in [0.25, 0.3) is 0 Å². The molecule has 0 spiro atoms. The van der Waals surface area contributed by atoms with Crippen LogP contribution in [0.5, 0.6) is 0 Å². The number of rotatable bonds is 11. The van der Waals surface area contributed by atoms with Crippen LogP contribution in [0.2, 0.25) is 0 Å². The summed E-state index contributed by atoms with van der Waals surface area (Å²) in [4.78, 5) is 35.0. The lowest BCUT2D eigenvalue weighted by Gasteiger charge is -2.29. The minimum atomic E-state index is -0.186. The maximum Gasteiger partial charge on any atom is 0.223 e. The summed E-state index contributed by atoms with van der Waals surface area (Å²) >= 11 is 0. The minimum Gasteiger partial charge on any atom is -0.359 e. The fourth-order valence-electron chi connectivity index (χ4n) is 4.65. The van der Waals surface area contributed by atoms with Crippen LogP contribution >= 0.6 is 0 Å². The van der Waals surface area contributed by atoms with Gasteiger partial charge >= 0.3 is 0 Å².